The molecule has 19 heavy (non-hydrogen) atoms. The molecule has 0 aliphatic carbocycles. The molecule has 3 N–H and O–H groups in total. The van der Waals surface area contributed by atoms with E-state index in [4.69, 9.17) is 10.5 Å². The monoisotopic (exact) mass is 265 g/mol. The summed E-state index contributed by atoms with van der Waals surface area (Å²) in [6, 6.07) is 7.56. The first-order valence-corrected chi connectivity index (χ1v) is 6.53. The highest BCUT2D eigenvalue weighted by Gasteiger charge is 2.09. The minimum Gasteiger partial charge on any atom is -0.399 e. The second kappa shape index (κ2) is 8.37. The predicted octanol–water partition coefficient (Wildman–Crippen LogP) is 1.25. The minimum absolute atomic E-state index is 0.0142. The number of hydrogen-bond acceptors (Lipinski definition) is 4. The molecule has 0 radical (unpaired) electrons. The van der Waals surface area contributed by atoms with E-state index in [1.54, 1.807) is 7.11 Å². The second-order valence-electron chi connectivity index (χ2n) is 4.31. The number of anilines is 2. The Balaban J connectivity index is 2.46. The number of nitrogens with zero attached hydrogens (tertiary/aromatic N) is 1. The van der Waals surface area contributed by atoms with Gasteiger partial charge in [-0.25, -0.2) is 0 Å². The van der Waals surface area contributed by atoms with Gasteiger partial charge in [-0.3, -0.25) is 4.79 Å². The Morgan fingerprint density at radius 3 is 2.89 bits per heavy atom. The highest BCUT2D eigenvalue weighted by atomic mass is 16.5. The molecule has 0 aliphatic heterocycles. The number of ether oxygens (including phenoxy) is 1. The van der Waals surface area contributed by atoms with Crippen molar-refractivity contribution in [3.8, 4) is 0 Å². The molecule has 0 bridgehead atoms. The third-order valence-electron chi connectivity index (χ3n) is 2.80. The number of benzene rings is 1. The van der Waals surface area contributed by atoms with Crippen LogP contribution in [0.5, 0.6) is 0 Å². The zero-order chi connectivity index (χ0) is 14.1. The molecule has 0 heterocycles. The summed E-state index contributed by atoms with van der Waals surface area (Å²) >= 11 is 0. The summed E-state index contributed by atoms with van der Waals surface area (Å²) in [7, 11) is 1.65. The first kappa shape index (κ1) is 15.3. The Kier molecular flexibility index (Phi) is 6.74. The molecule has 1 rings (SSSR count). The van der Waals surface area contributed by atoms with Crippen molar-refractivity contribution in [2.75, 3.05) is 44.0 Å². The first-order valence-electron chi connectivity index (χ1n) is 6.53. The molecule has 1 amide bonds. The van der Waals surface area contributed by atoms with Crippen molar-refractivity contribution < 1.29 is 9.53 Å². The van der Waals surface area contributed by atoms with Gasteiger partial charge in [0.15, 0.2) is 0 Å². The standard InChI is InChI=1S/C14H23N3O2/c1-3-17(13-7-4-6-12(15)10-13)11-14(18)16-8-5-9-19-2/h4,6-7,10H,3,5,8-9,11,15H2,1-2H3,(H,16,18). The van der Waals surface area contributed by atoms with Gasteiger partial charge in [0.2, 0.25) is 5.91 Å². The number of carbonyl (C=O) groups excluding carboxylic acids is 1. The Labute approximate surface area is 114 Å². The highest BCUT2D eigenvalue weighted by Crippen LogP contribution is 2.16. The van der Waals surface area contributed by atoms with Crippen molar-refractivity contribution in [3.63, 3.8) is 0 Å². The van der Waals surface area contributed by atoms with Crippen LogP contribution in [0.4, 0.5) is 11.4 Å². The SMILES string of the molecule is CCN(CC(=O)NCCCOC)c1cccc(N)c1. The number of methoxy groups -OCH3 is 1. The fourth-order valence-corrected chi connectivity index (χ4v) is 1.78. The molecule has 0 spiro atoms. The van der Waals surface area contributed by atoms with E-state index in [0.717, 1.165) is 18.7 Å². The molecular weight excluding hydrogens is 242 g/mol. The van der Waals surface area contributed by atoms with Gasteiger partial charge in [0.1, 0.15) is 0 Å². The van der Waals surface area contributed by atoms with Crippen molar-refractivity contribution in [2.24, 2.45) is 0 Å². The van der Waals surface area contributed by atoms with E-state index in [2.05, 4.69) is 5.32 Å². The molecule has 5 heteroatoms. The Bertz CT molecular complexity index is 396. The maximum atomic E-state index is 11.8. The van der Waals surface area contributed by atoms with E-state index in [9.17, 15) is 4.79 Å². The van der Waals surface area contributed by atoms with Crippen LogP contribution in [0.2, 0.25) is 0 Å². The van der Waals surface area contributed by atoms with Crippen molar-refractivity contribution in [1.29, 1.82) is 0 Å². The average molecular weight is 265 g/mol. The average Bonchev–Trinajstić information content (AvgIpc) is 2.41. The summed E-state index contributed by atoms with van der Waals surface area (Å²) in [4.78, 5) is 13.8. The summed E-state index contributed by atoms with van der Waals surface area (Å²) in [5, 5.41) is 2.87. The molecule has 0 saturated carbocycles. The molecule has 106 valence electrons. The summed E-state index contributed by atoms with van der Waals surface area (Å²) in [6.07, 6.45) is 0.826. The van der Waals surface area contributed by atoms with Gasteiger partial charge < -0.3 is 20.7 Å². The third kappa shape index (κ3) is 5.61. The van der Waals surface area contributed by atoms with Crippen molar-refractivity contribution in [2.45, 2.75) is 13.3 Å². The van der Waals surface area contributed by atoms with Gasteiger partial charge in [0.05, 0.1) is 6.54 Å². The van der Waals surface area contributed by atoms with Crippen LogP contribution in [-0.4, -0.2) is 39.3 Å². The fraction of sp³-hybridized carbons (Fsp3) is 0.500. The largest absolute Gasteiger partial charge is 0.399 e. The van der Waals surface area contributed by atoms with Gasteiger partial charge in [0.25, 0.3) is 0 Å². The van der Waals surface area contributed by atoms with Gasteiger partial charge in [-0.1, -0.05) is 6.07 Å². The minimum atomic E-state index is 0.0142. The Morgan fingerprint density at radius 2 is 2.26 bits per heavy atom. The molecule has 0 saturated heterocycles. The van der Waals surface area contributed by atoms with Gasteiger partial charge in [-0.15, -0.1) is 0 Å². The van der Waals surface area contributed by atoms with Crippen LogP contribution < -0.4 is 16.0 Å². The van der Waals surface area contributed by atoms with Crippen LogP contribution in [0.15, 0.2) is 24.3 Å². The number of hydrogen-bond donors (Lipinski definition) is 2. The molecule has 0 aliphatic rings. The molecule has 0 fully saturated rings. The lowest BCUT2D eigenvalue weighted by molar-refractivity contribution is -0.119. The molecule has 1 aromatic carbocycles. The molecule has 0 atom stereocenters. The van der Waals surface area contributed by atoms with E-state index in [1.807, 2.05) is 36.1 Å². The van der Waals surface area contributed by atoms with Crippen LogP contribution in [-0.2, 0) is 9.53 Å². The van der Waals surface area contributed by atoms with Crippen molar-refractivity contribution in [1.82, 2.24) is 5.32 Å². The lowest BCUT2D eigenvalue weighted by atomic mass is 10.2. The van der Waals surface area contributed by atoms with Crippen LogP contribution in [0.3, 0.4) is 0 Å². The maximum absolute atomic E-state index is 11.8. The van der Waals surface area contributed by atoms with Crippen LogP contribution >= 0.6 is 0 Å². The second-order valence-corrected chi connectivity index (χ2v) is 4.31. The molecule has 0 unspecified atom stereocenters. The molecular formula is C14H23N3O2. The topological polar surface area (TPSA) is 67.6 Å². The zero-order valence-electron chi connectivity index (χ0n) is 11.7. The van der Waals surface area contributed by atoms with Gasteiger partial charge >= 0.3 is 0 Å². The number of carbonyl (C=O) groups is 1. The van der Waals surface area contributed by atoms with E-state index >= 15 is 0 Å². The number of rotatable bonds is 8. The van der Waals surface area contributed by atoms with E-state index in [-0.39, 0.29) is 5.91 Å². The maximum Gasteiger partial charge on any atom is 0.239 e. The van der Waals surface area contributed by atoms with Crippen LogP contribution in [0.25, 0.3) is 0 Å². The van der Waals surface area contributed by atoms with Crippen molar-refractivity contribution in [3.05, 3.63) is 24.3 Å². The van der Waals surface area contributed by atoms with E-state index < -0.39 is 0 Å². The highest BCUT2D eigenvalue weighted by molar-refractivity contribution is 5.81. The number of nitrogens with two attached hydrogens (primary N) is 1. The Hall–Kier alpha value is -1.75. The van der Waals surface area contributed by atoms with Crippen LogP contribution in [0.1, 0.15) is 13.3 Å². The van der Waals surface area contributed by atoms with Gasteiger partial charge in [-0.2, -0.15) is 0 Å². The van der Waals surface area contributed by atoms with E-state index in [1.165, 1.54) is 0 Å². The van der Waals surface area contributed by atoms with Crippen LogP contribution in [0, 0.1) is 0 Å². The predicted molar refractivity (Wildman–Crippen MR) is 78.2 cm³/mol. The Morgan fingerprint density at radius 1 is 1.47 bits per heavy atom. The molecule has 1 aromatic rings. The zero-order valence-corrected chi connectivity index (χ0v) is 11.7. The lowest BCUT2D eigenvalue weighted by Crippen LogP contribution is -2.37. The first-order chi connectivity index (χ1) is 9.17. The van der Waals surface area contributed by atoms with Gasteiger partial charge in [0, 0.05) is 38.2 Å². The number of amides is 1. The summed E-state index contributed by atoms with van der Waals surface area (Å²) in [6.45, 7) is 4.41. The smallest absolute Gasteiger partial charge is 0.239 e. The molecule has 5 nitrogen and oxygen atoms in total. The summed E-state index contributed by atoms with van der Waals surface area (Å²) < 4.78 is 4.93. The fourth-order valence-electron chi connectivity index (χ4n) is 1.78. The van der Waals surface area contributed by atoms with Gasteiger partial charge in [-0.05, 0) is 31.5 Å². The normalized spacial score (nSPS) is 10.2. The van der Waals surface area contributed by atoms with Crippen molar-refractivity contribution >= 4 is 17.3 Å². The third-order valence-corrected chi connectivity index (χ3v) is 2.80. The van der Waals surface area contributed by atoms with E-state index in [0.29, 0.717) is 25.4 Å². The number of nitrogens with one attached hydrogen (secondary N) is 1. The summed E-state index contributed by atoms with van der Waals surface area (Å²) in [5.74, 6) is 0.0142. The quantitative estimate of drug-likeness (QED) is 0.548. The number of nitrogen functional groups attached to an aromatic ring is 1. The number of likely N-dealkylation sites (N-methyl/N-ethyl adjacent to an activating group) is 1. The lowest BCUT2D eigenvalue weighted by Gasteiger charge is -2.22. The summed E-state index contributed by atoms with van der Waals surface area (Å²) in [5.41, 5.74) is 7.43. The molecule has 0 aromatic heterocycles.